The molecule has 0 aliphatic heterocycles. The van der Waals surface area contributed by atoms with Crippen molar-refractivity contribution in [1.29, 1.82) is 5.26 Å². The molecule has 2 heteroatoms. The molecule has 0 aromatic carbocycles. The summed E-state index contributed by atoms with van der Waals surface area (Å²) in [6.07, 6.45) is 4.77. The van der Waals surface area contributed by atoms with E-state index in [1.807, 2.05) is 0 Å². The van der Waals surface area contributed by atoms with E-state index in [4.69, 9.17) is 5.26 Å². The van der Waals surface area contributed by atoms with Crippen molar-refractivity contribution in [3.05, 3.63) is 0 Å². The third kappa shape index (κ3) is 2.48. The van der Waals surface area contributed by atoms with Crippen LogP contribution in [0.2, 0.25) is 0 Å². The van der Waals surface area contributed by atoms with E-state index in [-0.39, 0.29) is 6.04 Å². The van der Waals surface area contributed by atoms with Crippen molar-refractivity contribution in [2.45, 2.75) is 58.5 Å². The number of hydrogen-bond donors (Lipinski definition) is 1. The molecule has 0 radical (unpaired) electrons. The Morgan fingerprint density at radius 1 is 1.43 bits per heavy atom. The van der Waals surface area contributed by atoms with Gasteiger partial charge in [-0.3, -0.25) is 5.32 Å². The zero-order valence-electron chi connectivity index (χ0n) is 9.59. The van der Waals surface area contributed by atoms with Crippen molar-refractivity contribution in [3.63, 3.8) is 0 Å². The fourth-order valence-corrected chi connectivity index (χ4v) is 2.56. The van der Waals surface area contributed by atoms with Crippen molar-refractivity contribution < 1.29 is 0 Å². The Labute approximate surface area is 87.7 Å². The lowest BCUT2D eigenvalue weighted by Crippen LogP contribution is -2.39. The normalized spacial score (nSPS) is 34.0. The van der Waals surface area contributed by atoms with Gasteiger partial charge in [0, 0.05) is 6.04 Å². The Morgan fingerprint density at radius 2 is 2.14 bits per heavy atom. The summed E-state index contributed by atoms with van der Waals surface area (Å²) in [6, 6.07) is 2.95. The van der Waals surface area contributed by atoms with Gasteiger partial charge in [0.05, 0.1) is 12.1 Å². The van der Waals surface area contributed by atoms with E-state index < -0.39 is 0 Å². The Kier molecular flexibility index (Phi) is 4.41. The van der Waals surface area contributed by atoms with Gasteiger partial charge in [-0.05, 0) is 31.1 Å². The molecule has 80 valence electrons. The molecule has 1 aliphatic carbocycles. The standard InChI is InChI=1S/C12H22N2/c1-4-10-6-7-12(9(10)3)14-11(5-2)8-13/h9-12,14H,4-7H2,1-3H3. The third-order valence-corrected chi connectivity index (χ3v) is 3.73. The summed E-state index contributed by atoms with van der Waals surface area (Å²) in [6.45, 7) is 6.66. The van der Waals surface area contributed by atoms with Gasteiger partial charge in [0.1, 0.15) is 0 Å². The van der Waals surface area contributed by atoms with Crippen LogP contribution in [0.5, 0.6) is 0 Å². The zero-order valence-corrected chi connectivity index (χ0v) is 9.59. The minimum atomic E-state index is 0.0538. The number of nitrogens with zero attached hydrogens (tertiary/aromatic N) is 1. The van der Waals surface area contributed by atoms with E-state index in [0.29, 0.717) is 6.04 Å². The second-order valence-electron chi connectivity index (χ2n) is 4.47. The number of nitriles is 1. The molecule has 0 aromatic heterocycles. The van der Waals surface area contributed by atoms with Gasteiger partial charge < -0.3 is 0 Å². The molecule has 0 saturated heterocycles. The molecule has 1 saturated carbocycles. The van der Waals surface area contributed by atoms with Crippen molar-refractivity contribution in [2.24, 2.45) is 11.8 Å². The predicted molar refractivity (Wildman–Crippen MR) is 58.8 cm³/mol. The average molecular weight is 194 g/mol. The first-order valence-electron chi connectivity index (χ1n) is 5.88. The predicted octanol–water partition coefficient (Wildman–Crippen LogP) is 2.70. The van der Waals surface area contributed by atoms with Crippen LogP contribution in [-0.4, -0.2) is 12.1 Å². The lowest BCUT2D eigenvalue weighted by molar-refractivity contribution is 0.333. The van der Waals surface area contributed by atoms with Crippen LogP contribution in [0.1, 0.15) is 46.5 Å². The molecule has 2 nitrogen and oxygen atoms in total. The number of nitrogens with one attached hydrogen (secondary N) is 1. The Hall–Kier alpha value is -0.550. The lowest BCUT2D eigenvalue weighted by Gasteiger charge is -2.23. The van der Waals surface area contributed by atoms with Crippen LogP contribution in [0.25, 0.3) is 0 Å². The zero-order chi connectivity index (χ0) is 10.6. The van der Waals surface area contributed by atoms with Gasteiger partial charge in [0.2, 0.25) is 0 Å². The van der Waals surface area contributed by atoms with Gasteiger partial charge >= 0.3 is 0 Å². The van der Waals surface area contributed by atoms with Crippen LogP contribution in [0.3, 0.4) is 0 Å². The second-order valence-corrected chi connectivity index (χ2v) is 4.47. The summed E-state index contributed by atoms with van der Waals surface area (Å²) in [5.41, 5.74) is 0. The van der Waals surface area contributed by atoms with Gasteiger partial charge in [-0.1, -0.05) is 27.2 Å². The maximum absolute atomic E-state index is 8.88. The van der Waals surface area contributed by atoms with Gasteiger partial charge in [-0.2, -0.15) is 5.26 Å². The first-order valence-corrected chi connectivity index (χ1v) is 5.88. The van der Waals surface area contributed by atoms with Crippen molar-refractivity contribution in [1.82, 2.24) is 5.32 Å². The van der Waals surface area contributed by atoms with Crippen LogP contribution >= 0.6 is 0 Å². The first kappa shape index (κ1) is 11.5. The highest BCUT2D eigenvalue weighted by Crippen LogP contribution is 2.34. The second kappa shape index (κ2) is 5.36. The molecule has 4 atom stereocenters. The number of hydrogen-bond acceptors (Lipinski definition) is 2. The van der Waals surface area contributed by atoms with Crippen LogP contribution in [-0.2, 0) is 0 Å². The molecular weight excluding hydrogens is 172 g/mol. The van der Waals surface area contributed by atoms with Crippen molar-refractivity contribution in [3.8, 4) is 6.07 Å². The highest BCUT2D eigenvalue weighted by atomic mass is 15.0. The molecular formula is C12H22N2. The Morgan fingerprint density at radius 3 is 2.57 bits per heavy atom. The van der Waals surface area contributed by atoms with E-state index in [2.05, 4.69) is 32.2 Å². The van der Waals surface area contributed by atoms with E-state index in [1.165, 1.54) is 19.3 Å². The fraction of sp³-hybridized carbons (Fsp3) is 0.917. The molecule has 4 unspecified atom stereocenters. The van der Waals surface area contributed by atoms with Gasteiger partial charge in [0.25, 0.3) is 0 Å². The quantitative estimate of drug-likeness (QED) is 0.747. The summed E-state index contributed by atoms with van der Waals surface area (Å²) in [4.78, 5) is 0. The van der Waals surface area contributed by atoms with E-state index in [1.54, 1.807) is 0 Å². The van der Waals surface area contributed by atoms with Crippen LogP contribution < -0.4 is 5.32 Å². The van der Waals surface area contributed by atoms with Crippen molar-refractivity contribution >= 4 is 0 Å². The summed E-state index contributed by atoms with van der Waals surface area (Å²) in [7, 11) is 0. The molecule has 0 amide bonds. The summed E-state index contributed by atoms with van der Waals surface area (Å²) >= 11 is 0. The molecule has 1 N–H and O–H groups in total. The minimum absolute atomic E-state index is 0.0538. The van der Waals surface area contributed by atoms with Crippen molar-refractivity contribution in [2.75, 3.05) is 0 Å². The summed E-state index contributed by atoms with van der Waals surface area (Å²) < 4.78 is 0. The summed E-state index contributed by atoms with van der Waals surface area (Å²) in [5.74, 6) is 1.60. The molecule has 1 aliphatic rings. The lowest BCUT2D eigenvalue weighted by atomic mass is 9.93. The van der Waals surface area contributed by atoms with Gasteiger partial charge in [0.15, 0.2) is 0 Å². The topological polar surface area (TPSA) is 35.8 Å². The van der Waals surface area contributed by atoms with Gasteiger partial charge in [-0.25, -0.2) is 0 Å². The molecule has 1 fully saturated rings. The molecule has 0 aromatic rings. The van der Waals surface area contributed by atoms with Gasteiger partial charge in [-0.15, -0.1) is 0 Å². The monoisotopic (exact) mass is 194 g/mol. The largest absolute Gasteiger partial charge is 0.299 e. The first-order chi connectivity index (χ1) is 6.72. The molecule has 0 heterocycles. The maximum atomic E-state index is 8.88. The highest BCUT2D eigenvalue weighted by Gasteiger charge is 2.32. The Bertz CT molecular complexity index is 207. The molecule has 14 heavy (non-hydrogen) atoms. The Balaban J connectivity index is 2.44. The number of rotatable bonds is 4. The third-order valence-electron chi connectivity index (χ3n) is 3.73. The minimum Gasteiger partial charge on any atom is -0.299 e. The smallest absolute Gasteiger partial charge is 0.0952 e. The van der Waals surface area contributed by atoms with Crippen LogP contribution in [0, 0.1) is 23.2 Å². The SMILES string of the molecule is CCC(C#N)NC1CCC(CC)C1C. The highest BCUT2D eigenvalue weighted by molar-refractivity contribution is 4.95. The average Bonchev–Trinajstić information content (AvgIpc) is 2.56. The molecule has 0 bridgehead atoms. The molecule has 0 spiro atoms. The maximum Gasteiger partial charge on any atom is 0.0952 e. The van der Waals surface area contributed by atoms with E-state index in [9.17, 15) is 0 Å². The molecule has 1 rings (SSSR count). The van der Waals surface area contributed by atoms with Crippen LogP contribution in [0.4, 0.5) is 0 Å². The van der Waals surface area contributed by atoms with E-state index >= 15 is 0 Å². The van der Waals surface area contributed by atoms with Crippen LogP contribution in [0.15, 0.2) is 0 Å². The van der Waals surface area contributed by atoms with E-state index in [0.717, 1.165) is 18.3 Å². The summed E-state index contributed by atoms with van der Waals surface area (Å²) in [5, 5.41) is 12.4. The fourth-order valence-electron chi connectivity index (χ4n) is 2.56.